The standard InChI is InChI=1S/C26H34FNO5S2/c1-4-7-13-26(5-2)17-28(19-11-9-8-10-12-19)21-14-23(34-6-3)22(33-16-20(27)25(29)30)15-24(21)35(31,32)18-26/h8-12,14-16,31-32H,4-7,13,17-18H2,1-3H3,(H,29,30)/b20-16-. The fourth-order valence-electron chi connectivity index (χ4n) is 4.43. The highest BCUT2D eigenvalue weighted by Gasteiger charge is 2.42. The van der Waals surface area contributed by atoms with Crippen molar-refractivity contribution in [1.82, 2.24) is 0 Å². The van der Waals surface area contributed by atoms with Crippen molar-refractivity contribution in [3.63, 3.8) is 0 Å². The van der Waals surface area contributed by atoms with Crippen LogP contribution in [0, 0.1) is 5.41 Å². The van der Waals surface area contributed by atoms with E-state index in [1.54, 1.807) is 0 Å². The van der Waals surface area contributed by atoms with Crippen LogP contribution in [0.15, 0.2) is 64.3 Å². The number of carboxylic acids is 1. The van der Waals surface area contributed by atoms with Gasteiger partial charge in [-0.1, -0.05) is 51.8 Å². The van der Waals surface area contributed by atoms with Crippen LogP contribution in [0.3, 0.4) is 0 Å². The van der Waals surface area contributed by atoms with E-state index >= 15 is 0 Å². The summed E-state index contributed by atoms with van der Waals surface area (Å²) in [5.74, 6) is -2.07. The SMILES string of the molecule is CCCCC1(CC)CN(c2ccccc2)c2cc(SCC)c(O/C=C(\F)C(=O)O)cc2S(O)(O)C1. The first kappa shape index (κ1) is 27.4. The number of rotatable bonds is 10. The number of carbonyl (C=O) groups is 1. The monoisotopic (exact) mass is 523 g/mol. The minimum atomic E-state index is -3.24. The van der Waals surface area contributed by atoms with E-state index in [4.69, 9.17) is 9.84 Å². The summed E-state index contributed by atoms with van der Waals surface area (Å²) in [5, 5.41) is 8.85. The number of halogens is 1. The second-order valence-electron chi connectivity index (χ2n) is 8.78. The number of carboxylic acid groups (broad SMARTS) is 1. The van der Waals surface area contributed by atoms with Gasteiger partial charge in [0, 0.05) is 29.5 Å². The van der Waals surface area contributed by atoms with Crippen molar-refractivity contribution < 1.29 is 28.1 Å². The minimum Gasteiger partial charge on any atom is -0.476 e. The molecule has 0 aliphatic carbocycles. The van der Waals surface area contributed by atoms with Crippen molar-refractivity contribution in [1.29, 1.82) is 0 Å². The molecule has 0 amide bonds. The number of benzene rings is 2. The molecule has 9 heteroatoms. The smallest absolute Gasteiger partial charge is 0.368 e. The molecule has 1 aliphatic heterocycles. The van der Waals surface area contributed by atoms with Gasteiger partial charge in [-0.25, -0.2) is 4.79 Å². The highest BCUT2D eigenvalue weighted by atomic mass is 32.3. The van der Waals surface area contributed by atoms with E-state index in [0.29, 0.717) is 34.0 Å². The van der Waals surface area contributed by atoms with Crippen LogP contribution >= 0.6 is 22.4 Å². The van der Waals surface area contributed by atoms with E-state index in [1.807, 2.05) is 43.3 Å². The Morgan fingerprint density at radius 3 is 2.54 bits per heavy atom. The number of fused-ring (bicyclic) bond motifs is 1. The third-order valence-electron chi connectivity index (χ3n) is 6.34. The molecular formula is C26H34FNO5S2. The Kier molecular flexibility index (Phi) is 9.15. The average Bonchev–Trinajstić information content (AvgIpc) is 2.94. The molecule has 1 atom stereocenters. The lowest BCUT2D eigenvalue weighted by molar-refractivity contribution is -0.134. The molecule has 0 radical (unpaired) electrons. The van der Waals surface area contributed by atoms with Gasteiger partial charge in [-0.3, -0.25) is 9.11 Å². The molecule has 0 spiro atoms. The quantitative estimate of drug-likeness (QED) is 0.165. The van der Waals surface area contributed by atoms with Crippen LogP contribution in [-0.2, 0) is 4.79 Å². The van der Waals surface area contributed by atoms with Crippen molar-refractivity contribution >= 4 is 39.7 Å². The van der Waals surface area contributed by atoms with Crippen LogP contribution in [0.4, 0.5) is 15.8 Å². The van der Waals surface area contributed by atoms with Crippen LogP contribution in [0.2, 0.25) is 0 Å². The Morgan fingerprint density at radius 1 is 1.23 bits per heavy atom. The molecule has 2 aromatic rings. The summed E-state index contributed by atoms with van der Waals surface area (Å²) in [6.45, 7) is 6.81. The second-order valence-corrected chi connectivity index (χ2v) is 12.1. The van der Waals surface area contributed by atoms with E-state index in [0.717, 1.165) is 31.4 Å². The van der Waals surface area contributed by atoms with Gasteiger partial charge in [-0.2, -0.15) is 15.0 Å². The highest BCUT2D eigenvalue weighted by molar-refractivity contribution is 8.24. The summed E-state index contributed by atoms with van der Waals surface area (Å²) < 4.78 is 42.1. The Hall–Kier alpha value is -2.20. The number of hydrogen-bond acceptors (Lipinski definition) is 6. The summed E-state index contributed by atoms with van der Waals surface area (Å²) in [6.07, 6.45) is 4.17. The molecule has 0 aromatic heterocycles. The zero-order chi connectivity index (χ0) is 25.6. The van der Waals surface area contributed by atoms with Crippen molar-refractivity contribution in [2.24, 2.45) is 5.41 Å². The number of aliphatic carboxylic acids is 1. The van der Waals surface area contributed by atoms with Crippen LogP contribution in [0.1, 0.15) is 46.5 Å². The molecule has 1 aliphatic rings. The van der Waals surface area contributed by atoms with Crippen molar-refractivity contribution in [2.75, 3.05) is 23.0 Å². The zero-order valence-electron chi connectivity index (χ0n) is 20.4. The molecule has 0 saturated carbocycles. The first-order valence-electron chi connectivity index (χ1n) is 11.8. The molecule has 0 saturated heterocycles. The molecule has 35 heavy (non-hydrogen) atoms. The number of para-hydroxylation sites is 1. The molecule has 1 heterocycles. The normalized spacial score (nSPS) is 20.6. The van der Waals surface area contributed by atoms with Gasteiger partial charge >= 0.3 is 5.97 Å². The fourth-order valence-corrected chi connectivity index (χ4v) is 7.44. The van der Waals surface area contributed by atoms with Gasteiger partial charge in [0.1, 0.15) is 12.0 Å². The van der Waals surface area contributed by atoms with Crippen molar-refractivity contribution in [3.05, 3.63) is 54.6 Å². The lowest BCUT2D eigenvalue weighted by Crippen LogP contribution is -2.37. The minimum absolute atomic E-state index is 0.192. The second kappa shape index (κ2) is 11.7. The Bertz CT molecular complexity index is 1060. The van der Waals surface area contributed by atoms with Gasteiger partial charge in [0.15, 0.2) is 0 Å². The van der Waals surface area contributed by atoms with Gasteiger partial charge in [-0.15, -0.1) is 11.8 Å². The maximum Gasteiger partial charge on any atom is 0.368 e. The van der Waals surface area contributed by atoms with Gasteiger partial charge in [0.2, 0.25) is 5.83 Å². The summed E-state index contributed by atoms with van der Waals surface area (Å²) in [4.78, 5) is 14.0. The van der Waals surface area contributed by atoms with E-state index in [9.17, 15) is 18.3 Å². The third-order valence-corrected chi connectivity index (χ3v) is 9.31. The van der Waals surface area contributed by atoms with E-state index < -0.39 is 22.4 Å². The first-order chi connectivity index (χ1) is 16.7. The number of ether oxygens (including phenoxy) is 1. The number of hydrogen-bond donors (Lipinski definition) is 3. The predicted octanol–water partition coefficient (Wildman–Crippen LogP) is 7.92. The van der Waals surface area contributed by atoms with Gasteiger partial charge < -0.3 is 14.7 Å². The molecule has 0 fully saturated rings. The molecule has 6 nitrogen and oxygen atoms in total. The Balaban J connectivity index is 2.23. The van der Waals surface area contributed by atoms with Crippen molar-refractivity contribution in [3.8, 4) is 5.75 Å². The summed E-state index contributed by atoms with van der Waals surface area (Å²) >= 11 is 1.45. The largest absolute Gasteiger partial charge is 0.476 e. The van der Waals surface area contributed by atoms with Crippen LogP contribution in [0.5, 0.6) is 5.75 Å². The molecule has 1 unspecified atom stereocenters. The number of unbranched alkanes of at least 4 members (excludes halogenated alkanes) is 1. The van der Waals surface area contributed by atoms with E-state index in [2.05, 4.69) is 18.7 Å². The van der Waals surface area contributed by atoms with Crippen molar-refractivity contribution in [2.45, 2.75) is 56.2 Å². The topological polar surface area (TPSA) is 90.2 Å². The number of thioether (sulfide) groups is 1. The van der Waals surface area contributed by atoms with Gasteiger partial charge in [-0.05, 0) is 36.8 Å². The van der Waals surface area contributed by atoms with Gasteiger partial charge in [0.05, 0.1) is 15.5 Å². The highest BCUT2D eigenvalue weighted by Crippen LogP contribution is 2.62. The molecule has 3 N–H and O–H groups in total. The summed E-state index contributed by atoms with van der Waals surface area (Å²) in [6, 6.07) is 13.2. The summed E-state index contributed by atoms with van der Waals surface area (Å²) in [5.41, 5.74) is 1.30. The lowest BCUT2D eigenvalue weighted by Gasteiger charge is -2.41. The molecule has 2 aromatic carbocycles. The van der Waals surface area contributed by atoms with Crippen LogP contribution < -0.4 is 9.64 Å². The molecule has 0 bridgehead atoms. The van der Waals surface area contributed by atoms with Gasteiger partial charge in [0.25, 0.3) is 0 Å². The summed E-state index contributed by atoms with van der Waals surface area (Å²) in [7, 11) is -3.24. The fraction of sp³-hybridized carbons (Fsp3) is 0.423. The molecule has 3 rings (SSSR count). The maximum absolute atomic E-state index is 13.7. The third kappa shape index (κ3) is 6.33. The lowest BCUT2D eigenvalue weighted by atomic mass is 9.81. The average molecular weight is 524 g/mol. The van der Waals surface area contributed by atoms with E-state index in [1.165, 1.54) is 17.8 Å². The first-order valence-corrected chi connectivity index (χ1v) is 14.5. The van der Waals surface area contributed by atoms with Crippen LogP contribution in [-0.4, -0.2) is 38.2 Å². The number of anilines is 2. The number of nitrogens with zero attached hydrogens (tertiary/aromatic N) is 1. The van der Waals surface area contributed by atoms with E-state index in [-0.39, 0.29) is 16.9 Å². The Morgan fingerprint density at radius 2 is 1.94 bits per heavy atom. The van der Waals surface area contributed by atoms with Crippen LogP contribution in [0.25, 0.3) is 0 Å². The zero-order valence-corrected chi connectivity index (χ0v) is 22.0. The molecular weight excluding hydrogens is 489 g/mol. The molecule has 192 valence electrons. The Labute approximate surface area is 212 Å². The predicted molar refractivity (Wildman–Crippen MR) is 142 cm³/mol. The maximum atomic E-state index is 13.7.